The summed E-state index contributed by atoms with van der Waals surface area (Å²) in [6.07, 6.45) is 2.65. The average molecular weight is 314 g/mol. The van der Waals surface area contributed by atoms with Crippen molar-refractivity contribution in [2.75, 3.05) is 19.6 Å². The van der Waals surface area contributed by atoms with Gasteiger partial charge < -0.3 is 10.6 Å². The number of halogens is 2. The summed E-state index contributed by atoms with van der Waals surface area (Å²) in [6.45, 7) is 5.56. The first kappa shape index (κ1) is 13.6. The molecule has 2 rings (SSSR count). The normalized spacial score (nSPS) is 25.2. The highest BCUT2D eigenvalue weighted by Crippen LogP contribution is 2.28. The second-order valence-corrected chi connectivity index (χ2v) is 3.38. The Bertz CT molecular complexity index is 192. The first-order chi connectivity index (χ1) is 5.42. The Morgan fingerprint density at radius 1 is 1.38 bits per heavy atom. The molecule has 0 spiro atoms. The first-order valence-electron chi connectivity index (χ1n) is 4.56. The van der Waals surface area contributed by atoms with Crippen molar-refractivity contribution in [2.45, 2.75) is 25.8 Å². The van der Waals surface area contributed by atoms with Crippen LogP contribution >= 0.6 is 34.0 Å². The average Bonchev–Trinajstić information content (AvgIpc) is 2.53. The molecule has 0 aromatic carbocycles. The van der Waals surface area contributed by atoms with Crippen LogP contribution < -0.4 is 10.6 Å². The van der Waals surface area contributed by atoms with Gasteiger partial charge in [-0.1, -0.05) is 12.5 Å². The second kappa shape index (κ2) is 6.17. The van der Waals surface area contributed by atoms with Crippen LogP contribution in [0.5, 0.6) is 0 Å². The third-order valence-corrected chi connectivity index (χ3v) is 2.71. The van der Waals surface area contributed by atoms with Gasteiger partial charge in [0, 0.05) is 19.1 Å². The minimum Gasteiger partial charge on any atom is -0.310 e. The molecule has 0 radical (unpaired) electrons. The van der Waals surface area contributed by atoms with Gasteiger partial charge in [0.15, 0.2) is 0 Å². The van der Waals surface area contributed by atoms with Gasteiger partial charge in [0.1, 0.15) is 0 Å². The third kappa shape index (κ3) is 2.78. The molecule has 2 N–H and O–H groups in total. The Kier molecular flexibility index (Phi) is 6.46. The van der Waals surface area contributed by atoms with Crippen molar-refractivity contribution < 1.29 is 0 Å². The van der Waals surface area contributed by atoms with Crippen LogP contribution in [0.25, 0.3) is 0 Å². The largest absolute Gasteiger partial charge is 0.310 e. The molecule has 0 amide bonds. The maximum Gasteiger partial charge on any atom is 0.0298 e. The summed E-state index contributed by atoms with van der Waals surface area (Å²) in [5.74, 6) is 0. The molecule has 1 unspecified atom stereocenters. The molecular weight excluding hydrogens is 296 g/mol. The van der Waals surface area contributed by atoms with Crippen LogP contribution in [0, 0.1) is 0 Å². The zero-order valence-electron chi connectivity index (χ0n) is 7.93. The first-order valence-corrected chi connectivity index (χ1v) is 4.56. The predicted molar refractivity (Wildman–Crippen MR) is 67.2 cm³/mol. The summed E-state index contributed by atoms with van der Waals surface area (Å²) in [7, 11) is 0. The second-order valence-electron chi connectivity index (χ2n) is 3.38. The summed E-state index contributed by atoms with van der Waals surface area (Å²) in [5, 5.41) is 6.92. The maximum atomic E-state index is 3.52. The molecule has 13 heavy (non-hydrogen) atoms. The van der Waals surface area contributed by atoms with E-state index in [1.54, 1.807) is 11.1 Å². The van der Waals surface area contributed by atoms with Gasteiger partial charge in [-0.3, -0.25) is 0 Å². The quantitative estimate of drug-likeness (QED) is 0.760. The van der Waals surface area contributed by atoms with Crippen LogP contribution in [0.3, 0.4) is 0 Å². The molecule has 0 bridgehead atoms. The van der Waals surface area contributed by atoms with Crippen molar-refractivity contribution in [3.8, 4) is 0 Å². The van der Waals surface area contributed by atoms with E-state index in [9.17, 15) is 0 Å². The zero-order chi connectivity index (χ0) is 7.68. The molecule has 4 heteroatoms. The summed E-state index contributed by atoms with van der Waals surface area (Å²) < 4.78 is 0. The number of rotatable bonds is 2. The highest BCUT2D eigenvalue weighted by atomic mass is 79.9. The van der Waals surface area contributed by atoms with Crippen LogP contribution in [0.15, 0.2) is 11.1 Å². The molecule has 0 fully saturated rings. The minimum absolute atomic E-state index is 0. The summed E-state index contributed by atoms with van der Waals surface area (Å²) >= 11 is 0. The van der Waals surface area contributed by atoms with Gasteiger partial charge in [0.05, 0.1) is 0 Å². The van der Waals surface area contributed by atoms with Gasteiger partial charge in [0.25, 0.3) is 0 Å². The van der Waals surface area contributed by atoms with Gasteiger partial charge in [-0.15, -0.1) is 34.0 Å². The molecule has 2 nitrogen and oxygen atoms in total. The van der Waals surface area contributed by atoms with Crippen LogP contribution in [0.2, 0.25) is 0 Å². The lowest BCUT2D eigenvalue weighted by Gasteiger charge is -2.13. The molecule has 0 saturated carbocycles. The summed E-state index contributed by atoms with van der Waals surface area (Å²) in [6, 6.07) is 0.699. The monoisotopic (exact) mass is 312 g/mol. The predicted octanol–water partition coefficient (Wildman–Crippen LogP) is 1.81. The van der Waals surface area contributed by atoms with E-state index < -0.39 is 0 Å². The molecule has 0 saturated heterocycles. The molecule has 1 atom stereocenters. The van der Waals surface area contributed by atoms with Crippen molar-refractivity contribution in [1.82, 2.24) is 10.6 Å². The smallest absolute Gasteiger partial charge is 0.0298 e. The van der Waals surface area contributed by atoms with Crippen molar-refractivity contribution in [3.63, 3.8) is 0 Å². The molecule has 2 aliphatic rings. The summed E-state index contributed by atoms with van der Waals surface area (Å²) in [5.41, 5.74) is 3.34. The van der Waals surface area contributed by atoms with Crippen molar-refractivity contribution in [1.29, 1.82) is 0 Å². The van der Waals surface area contributed by atoms with Crippen LogP contribution in [0.1, 0.15) is 19.8 Å². The van der Waals surface area contributed by atoms with E-state index in [-0.39, 0.29) is 34.0 Å². The highest BCUT2D eigenvalue weighted by Gasteiger charge is 2.27. The Balaban J connectivity index is 0.000000720. The SMILES string of the molecule is Br.Br.CCNC1CCC2=C1CNC2. The van der Waals surface area contributed by atoms with Gasteiger partial charge in [-0.25, -0.2) is 0 Å². The minimum atomic E-state index is 0. The fraction of sp³-hybridized carbons (Fsp3) is 0.778. The van der Waals surface area contributed by atoms with E-state index in [0.29, 0.717) is 6.04 Å². The Labute approximate surface area is 101 Å². The molecule has 0 aromatic rings. The number of hydrogen-bond donors (Lipinski definition) is 2. The van der Waals surface area contributed by atoms with E-state index in [1.807, 2.05) is 0 Å². The van der Waals surface area contributed by atoms with Crippen LogP contribution in [0.4, 0.5) is 0 Å². The van der Waals surface area contributed by atoms with E-state index in [2.05, 4.69) is 17.6 Å². The molecule has 1 heterocycles. The van der Waals surface area contributed by atoms with E-state index in [4.69, 9.17) is 0 Å². The van der Waals surface area contributed by atoms with Crippen LogP contribution in [-0.2, 0) is 0 Å². The fourth-order valence-electron chi connectivity index (χ4n) is 2.17. The number of likely N-dealkylation sites (N-methyl/N-ethyl adjacent to an activating group) is 1. The molecule has 78 valence electrons. The van der Waals surface area contributed by atoms with Gasteiger partial charge in [-0.05, 0) is 25.0 Å². The Hall–Kier alpha value is 0.620. The lowest BCUT2D eigenvalue weighted by Crippen LogP contribution is -2.30. The van der Waals surface area contributed by atoms with Crippen molar-refractivity contribution >= 4 is 34.0 Å². The van der Waals surface area contributed by atoms with Crippen molar-refractivity contribution in [2.24, 2.45) is 0 Å². The highest BCUT2D eigenvalue weighted by molar-refractivity contribution is 8.93. The standard InChI is InChI=1S/C9H16N2.2BrH/c1-2-11-9-4-3-7-5-10-6-8(7)9;;/h9-11H,2-6H2,1H3;2*1H. The van der Waals surface area contributed by atoms with Gasteiger partial charge in [-0.2, -0.15) is 0 Å². The number of nitrogens with one attached hydrogen (secondary N) is 2. The lowest BCUT2D eigenvalue weighted by molar-refractivity contribution is 0.564. The topological polar surface area (TPSA) is 24.1 Å². The maximum absolute atomic E-state index is 3.52. The van der Waals surface area contributed by atoms with Gasteiger partial charge >= 0.3 is 0 Å². The van der Waals surface area contributed by atoms with Gasteiger partial charge in [0.2, 0.25) is 0 Å². The third-order valence-electron chi connectivity index (χ3n) is 2.71. The molecule has 1 aliphatic carbocycles. The van der Waals surface area contributed by atoms with Crippen LogP contribution in [-0.4, -0.2) is 25.7 Å². The Morgan fingerprint density at radius 3 is 2.85 bits per heavy atom. The van der Waals surface area contributed by atoms with E-state index in [1.165, 1.54) is 12.8 Å². The molecular formula is C9H18Br2N2. The Morgan fingerprint density at radius 2 is 2.15 bits per heavy atom. The molecule has 0 aromatic heterocycles. The van der Waals surface area contributed by atoms with Crippen molar-refractivity contribution in [3.05, 3.63) is 11.1 Å². The zero-order valence-corrected chi connectivity index (χ0v) is 11.4. The fourth-order valence-corrected chi connectivity index (χ4v) is 2.17. The summed E-state index contributed by atoms with van der Waals surface area (Å²) in [4.78, 5) is 0. The van der Waals surface area contributed by atoms with E-state index in [0.717, 1.165) is 19.6 Å². The molecule has 1 aliphatic heterocycles. The van der Waals surface area contributed by atoms with E-state index >= 15 is 0 Å². The lowest BCUT2D eigenvalue weighted by atomic mass is 10.1. The number of hydrogen-bond acceptors (Lipinski definition) is 2.